The molecule has 0 unspecified atom stereocenters. The maximum absolute atomic E-state index is 13.8. The van der Waals surface area contributed by atoms with Gasteiger partial charge in [0.25, 0.3) is 5.91 Å². The van der Waals surface area contributed by atoms with Gasteiger partial charge >= 0.3 is 6.18 Å². The van der Waals surface area contributed by atoms with E-state index < -0.39 is 23.8 Å². The average molecular weight is 648 g/mol. The summed E-state index contributed by atoms with van der Waals surface area (Å²) in [6.45, 7) is 1.03. The van der Waals surface area contributed by atoms with Crippen LogP contribution in [0.3, 0.4) is 0 Å². The fraction of sp³-hybridized carbons (Fsp3) is 0.438. The number of rotatable bonds is 4. The number of likely N-dealkylation sites (N-methyl/N-ethyl adjacent to an activating group) is 2. The van der Waals surface area contributed by atoms with E-state index >= 15 is 0 Å². The van der Waals surface area contributed by atoms with Gasteiger partial charge in [-0.2, -0.15) is 18.3 Å². The SMILES string of the molecule is CN1CCCCN(C(=O)Cn2ccc(C(F)(F)F)n2)CCCCOc2ccc(Cl)cc2C(=O)N(C)[C@@H](Cc2ccccc2)C1=O. The second kappa shape index (κ2) is 15.3. The standard InChI is InChI=1S/C32H37ClF3N5O4/c1-38-15-6-7-16-40(29(42)22-41-18-14-28(37-41)32(34,35)36)17-8-9-19-45-27-13-12-24(33)21-25(27)30(43)39(2)26(31(38)44)20-23-10-4-3-5-11-23/h3-5,10-14,18,21,26H,6-9,15-17,19-20,22H2,1-2H3/t26-/m0/s1. The van der Waals surface area contributed by atoms with Crippen molar-refractivity contribution in [2.75, 3.05) is 40.3 Å². The van der Waals surface area contributed by atoms with Crippen molar-refractivity contribution >= 4 is 29.3 Å². The number of fused-ring (bicyclic) bond motifs is 1. The van der Waals surface area contributed by atoms with Crippen molar-refractivity contribution in [3.05, 3.63) is 82.6 Å². The Morgan fingerprint density at radius 3 is 2.36 bits per heavy atom. The monoisotopic (exact) mass is 647 g/mol. The van der Waals surface area contributed by atoms with Crippen LogP contribution in [0.4, 0.5) is 13.2 Å². The van der Waals surface area contributed by atoms with E-state index in [0.717, 1.165) is 22.5 Å². The molecule has 9 nitrogen and oxygen atoms in total. The second-order valence-corrected chi connectivity index (χ2v) is 11.5. The van der Waals surface area contributed by atoms with E-state index in [1.807, 2.05) is 30.3 Å². The molecule has 1 aliphatic heterocycles. The first-order valence-electron chi connectivity index (χ1n) is 14.8. The molecule has 2 heterocycles. The van der Waals surface area contributed by atoms with E-state index in [1.54, 1.807) is 36.0 Å². The Morgan fingerprint density at radius 2 is 1.67 bits per heavy atom. The molecule has 0 spiro atoms. The molecule has 0 radical (unpaired) electrons. The molecular formula is C32H37ClF3N5O4. The number of hydrogen-bond donors (Lipinski definition) is 0. The minimum Gasteiger partial charge on any atom is -0.493 e. The number of amides is 3. The van der Waals surface area contributed by atoms with Crippen LogP contribution in [0.15, 0.2) is 60.8 Å². The van der Waals surface area contributed by atoms with Gasteiger partial charge in [0.1, 0.15) is 18.3 Å². The van der Waals surface area contributed by atoms with Crippen molar-refractivity contribution in [2.45, 2.75) is 50.9 Å². The van der Waals surface area contributed by atoms with E-state index in [9.17, 15) is 27.6 Å². The van der Waals surface area contributed by atoms with E-state index in [2.05, 4.69) is 5.10 Å². The fourth-order valence-electron chi connectivity index (χ4n) is 5.16. The zero-order valence-electron chi connectivity index (χ0n) is 25.3. The number of hydrogen-bond acceptors (Lipinski definition) is 5. The van der Waals surface area contributed by atoms with Crippen LogP contribution < -0.4 is 4.74 Å². The molecule has 242 valence electrons. The van der Waals surface area contributed by atoms with Crippen LogP contribution in [0.2, 0.25) is 5.02 Å². The first kappa shape index (κ1) is 33.8. The Bertz CT molecular complexity index is 1470. The van der Waals surface area contributed by atoms with Gasteiger partial charge in [-0.3, -0.25) is 19.1 Å². The third-order valence-corrected chi connectivity index (χ3v) is 7.96. The van der Waals surface area contributed by atoms with Crippen molar-refractivity contribution in [1.29, 1.82) is 0 Å². The molecule has 0 fully saturated rings. The van der Waals surface area contributed by atoms with Gasteiger partial charge in [-0.1, -0.05) is 41.9 Å². The molecule has 45 heavy (non-hydrogen) atoms. The molecule has 1 aromatic heterocycles. The number of aromatic nitrogens is 2. The molecule has 1 atom stereocenters. The highest BCUT2D eigenvalue weighted by Gasteiger charge is 2.34. The minimum atomic E-state index is -4.59. The number of alkyl halides is 3. The van der Waals surface area contributed by atoms with Crippen LogP contribution in [-0.2, 0) is 28.7 Å². The maximum Gasteiger partial charge on any atom is 0.435 e. The molecule has 1 aliphatic rings. The van der Waals surface area contributed by atoms with Crippen molar-refractivity contribution < 1.29 is 32.3 Å². The number of carbonyl (C=O) groups excluding carboxylic acids is 3. The Labute approximate surface area is 265 Å². The first-order chi connectivity index (χ1) is 21.4. The molecule has 0 aliphatic carbocycles. The number of ether oxygens (including phenoxy) is 1. The Morgan fingerprint density at radius 1 is 0.978 bits per heavy atom. The lowest BCUT2D eigenvalue weighted by molar-refractivity contribution is -0.142. The van der Waals surface area contributed by atoms with Crippen molar-refractivity contribution in [3.8, 4) is 5.75 Å². The zero-order valence-corrected chi connectivity index (χ0v) is 26.1. The van der Waals surface area contributed by atoms with Crippen LogP contribution in [-0.4, -0.2) is 88.6 Å². The van der Waals surface area contributed by atoms with Gasteiger partial charge in [0.05, 0.1) is 12.2 Å². The second-order valence-electron chi connectivity index (χ2n) is 11.1. The molecule has 0 saturated carbocycles. The van der Waals surface area contributed by atoms with Crippen LogP contribution in [0.5, 0.6) is 5.75 Å². The normalized spacial score (nSPS) is 17.9. The number of carbonyl (C=O) groups is 3. The van der Waals surface area contributed by atoms with Crippen molar-refractivity contribution in [3.63, 3.8) is 0 Å². The van der Waals surface area contributed by atoms with Crippen molar-refractivity contribution in [2.24, 2.45) is 0 Å². The molecule has 2 aromatic carbocycles. The number of halogens is 4. The average Bonchev–Trinajstić information content (AvgIpc) is 3.49. The van der Waals surface area contributed by atoms with Gasteiger partial charge < -0.3 is 19.4 Å². The van der Waals surface area contributed by atoms with Crippen LogP contribution in [0.1, 0.15) is 47.3 Å². The summed E-state index contributed by atoms with van der Waals surface area (Å²) in [5, 5.41) is 3.85. The molecule has 13 heteroatoms. The highest BCUT2D eigenvalue weighted by molar-refractivity contribution is 6.31. The summed E-state index contributed by atoms with van der Waals surface area (Å²) in [6, 6.07) is 14.2. The zero-order chi connectivity index (χ0) is 32.6. The smallest absolute Gasteiger partial charge is 0.435 e. The van der Waals surface area contributed by atoms with Crippen LogP contribution in [0.25, 0.3) is 0 Å². The highest BCUT2D eigenvalue weighted by Crippen LogP contribution is 2.28. The Kier molecular flexibility index (Phi) is 11.5. The summed E-state index contributed by atoms with van der Waals surface area (Å²) >= 11 is 6.27. The molecule has 3 amide bonds. The van der Waals surface area contributed by atoms with Crippen molar-refractivity contribution in [1.82, 2.24) is 24.5 Å². The lowest BCUT2D eigenvalue weighted by Gasteiger charge is -2.31. The molecule has 4 rings (SSSR count). The van der Waals surface area contributed by atoms with Gasteiger partial charge in [-0.25, -0.2) is 0 Å². The molecular weight excluding hydrogens is 611 g/mol. The van der Waals surface area contributed by atoms with Gasteiger partial charge in [-0.15, -0.1) is 0 Å². The lowest BCUT2D eigenvalue weighted by Crippen LogP contribution is -2.49. The lowest BCUT2D eigenvalue weighted by atomic mass is 10.0. The summed E-state index contributed by atoms with van der Waals surface area (Å²) in [4.78, 5) is 45.4. The van der Waals surface area contributed by atoms with Gasteiger partial charge in [0.2, 0.25) is 11.8 Å². The summed E-state index contributed by atoms with van der Waals surface area (Å²) in [5.74, 6) is -0.670. The highest BCUT2D eigenvalue weighted by atomic mass is 35.5. The van der Waals surface area contributed by atoms with Gasteiger partial charge in [0.15, 0.2) is 5.69 Å². The molecule has 3 aromatic rings. The van der Waals surface area contributed by atoms with Gasteiger partial charge in [0, 0.05) is 51.4 Å². The molecule has 0 N–H and O–H groups in total. The topological polar surface area (TPSA) is 88.0 Å². The number of benzene rings is 2. The van der Waals surface area contributed by atoms with Crippen LogP contribution in [0, 0.1) is 0 Å². The first-order valence-corrected chi connectivity index (χ1v) is 15.2. The Hall–Kier alpha value is -4.06. The van der Waals surface area contributed by atoms with E-state index in [1.165, 1.54) is 11.0 Å². The third kappa shape index (κ3) is 9.23. The van der Waals surface area contributed by atoms with E-state index in [4.69, 9.17) is 16.3 Å². The predicted octanol–water partition coefficient (Wildman–Crippen LogP) is 5.18. The minimum absolute atomic E-state index is 0.233. The van der Waals surface area contributed by atoms with Gasteiger partial charge in [-0.05, 0) is 55.5 Å². The molecule has 0 bridgehead atoms. The summed E-state index contributed by atoms with van der Waals surface area (Å²) in [7, 11) is 3.28. The fourth-order valence-corrected chi connectivity index (χ4v) is 5.33. The Balaban J connectivity index is 1.55. The summed E-state index contributed by atoms with van der Waals surface area (Å²) in [5.41, 5.74) is 0.0726. The quantitative estimate of drug-likeness (QED) is 0.390. The summed E-state index contributed by atoms with van der Waals surface area (Å²) in [6.07, 6.45) is -0.904. The third-order valence-electron chi connectivity index (χ3n) is 7.73. The van der Waals surface area contributed by atoms with E-state index in [0.29, 0.717) is 62.5 Å². The summed E-state index contributed by atoms with van der Waals surface area (Å²) < 4.78 is 46.0. The van der Waals surface area contributed by atoms with Crippen LogP contribution >= 0.6 is 11.6 Å². The van der Waals surface area contributed by atoms with E-state index in [-0.39, 0.29) is 30.5 Å². The molecule has 0 saturated heterocycles. The maximum atomic E-state index is 13.8. The predicted molar refractivity (Wildman–Crippen MR) is 163 cm³/mol. The largest absolute Gasteiger partial charge is 0.493 e. The number of nitrogens with zero attached hydrogens (tertiary/aromatic N) is 5.